The Bertz CT molecular complexity index is 467. The van der Waals surface area contributed by atoms with Crippen LogP contribution in [0.2, 0.25) is 10.0 Å². The van der Waals surface area contributed by atoms with Crippen molar-refractivity contribution in [3.63, 3.8) is 0 Å². The number of amides is 1. The Labute approximate surface area is 126 Å². The van der Waals surface area contributed by atoms with E-state index in [0.717, 1.165) is 6.54 Å². The number of hydrogen-bond acceptors (Lipinski definition) is 5. The van der Waals surface area contributed by atoms with Gasteiger partial charge in [-0.25, -0.2) is 4.98 Å². The minimum absolute atomic E-state index is 0.157. The maximum absolute atomic E-state index is 11.7. The maximum Gasteiger partial charge on any atom is 0.250 e. The molecule has 6 nitrogen and oxygen atoms in total. The van der Waals surface area contributed by atoms with Crippen LogP contribution in [0.25, 0.3) is 0 Å². The number of pyridine rings is 1. The van der Waals surface area contributed by atoms with Gasteiger partial charge in [0, 0.05) is 19.3 Å². The fraction of sp³-hybridized carbons (Fsp3) is 0.500. The van der Waals surface area contributed by atoms with E-state index in [1.54, 1.807) is 6.07 Å². The average molecular weight is 320 g/mol. The van der Waals surface area contributed by atoms with E-state index in [4.69, 9.17) is 32.7 Å². The zero-order valence-corrected chi connectivity index (χ0v) is 12.2. The zero-order chi connectivity index (χ0) is 14.4. The number of rotatable bonds is 5. The van der Waals surface area contributed by atoms with E-state index in [9.17, 15) is 4.79 Å². The first-order valence-corrected chi connectivity index (χ1v) is 6.96. The fourth-order valence-electron chi connectivity index (χ4n) is 1.68. The summed E-state index contributed by atoms with van der Waals surface area (Å²) in [6, 6.07) is 1.55. The number of nitrogens with one attached hydrogen (secondary N) is 2. The van der Waals surface area contributed by atoms with Crippen molar-refractivity contribution >= 4 is 29.1 Å². The monoisotopic (exact) mass is 319 g/mol. The molecule has 1 unspecified atom stereocenters. The van der Waals surface area contributed by atoms with E-state index in [1.807, 2.05) is 0 Å². The Morgan fingerprint density at radius 1 is 1.60 bits per heavy atom. The van der Waals surface area contributed by atoms with Crippen molar-refractivity contribution in [3.8, 4) is 5.88 Å². The Balaban J connectivity index is 1.69. The third kappa shape index (κ3) is 4.49. The molecule has 2 rings (SSSR count). The lowest BCUT2D eigenvalue weighted by molar-refractivity contribution is -0.134. The number of aromatic nitrogens is 1. The van der Waals surface area contributed by atoms with E-state index in [-0.39, 0.29) is 12.5 Å². The predicted molar refractivity (Wildman–Crippen MR) is 75.4 cm³/mol. The van der Waals surface area contributed by atoms with E-state index in [1.165, 1.54) is 6.20 Å². The van der Waals surface area contributed by atoms with E-state index in [0.29, 0.717) is 35.6 Å². The quantitative estimate of drug-likeness (QED) is 0.788. The summed E-state index contributed by atoms with van der Waals surface area (Å²) in [4.78, 5) is 15.7. The van der Waals surface area contributed by atoms with Gasteiger partial charge in [0.15, 0.2) is 0 Å². The van der Waals surface area contributed by atoms with Crippen molar-refractivity contribution in [2.45, 2.75) is 6.10 Å². The summed E-state index contributed by atoms with van der Waals surface area (Å²) in [6.07, 6.45) is 1.00. The number of carbonyl (C=O) groups excluding carboxylic acids is 1. The molecule has 2 N–H and O–H groups in total. The first kappa shape index (κ1) is 15.3. The summed E-state index contributed by atoms with van der Waals surface area (Å²) < 4.78 is 10.7. The van der Waals surface area contributed by atoms with Crippen LogP contribution in [-0.4, -0.2) is 49.8 Å². The molecule has 2 heterocycles. The Hall–Kier alpha value is -1.08. The Morgan fingerprint density at radius 2 is 2.45 bits per heavy atom. The van der Waals surface area contributed by atoms with Gasteiger partial charge in [-0.3, -0.25) is 4.79 Å². The van der Waals surface area contributed by atoms with E-state index >= 15 is 0 Å². The molecule has 1 fully saturated rings. The normalized spacial score (nSPS) is 18.6. The Morgan fingerprint density at radius 3 is 3.15 bits per heavy atom. The van der Waals surface area contributed by atoms with Gasteiger partial charge in [-0.15, -0.1) is 0 Å². The minimum Gasteiger partial charge on any atom is -0.475 e. The molecular weight excluding hydrogens is 305 g/mol. The predicted octanol–water partition coefficient (Wildman–Crippen LogP) is 0.872. The van der Waals surface area contributed by atoms with Gasteiger partial charge < -0.3 is 20.1 Å². The summed E-state index contributed by atoms with van der Waals surface area (Å²) >= 11 is 11.6. The third-order valence-electron chi connectivity index (χ3n) is 2.63. The second-order valence-electron chi connectivity index (χ2n) is 4.14. The van der Waals surface area contributed by atoms with Gasteiger partial charge in [0.25, 0.3) is 5.91 Å². The van der Waals surface area contributed by atoms with Crippen LogP contribution in [0, 0.1) is 0 Å². The summed E-state index contributed by atoms with van der Waals surface area (Å²) in [5, 5.41) is 6.59. The van der Waals surface area contributed by atoms with Gasteiger partial charge in [-0.05, 0) is 6.07 Å². The molecule has 0 aliphatic carbocycles. The molecule has 0 bridgehead atoms. The van der Waals surface area contributed by atoms with E-state index in [2.05, 4.69) is 15.6 Å². The van der Waals surface area contributed by atoms with Crippen LogP contribution < -0.4 is 15.4 Å². The SMILES string of the molecule is O=C(NCCOc1ncc(Cl)cc1Cl)C1CNCCO1. The van der Waals surface area contributed by atoms with Gasteiger partial charge in [-0.2, -0.15) is 0 Å². The molecule has 1 aromatic rings. The average Bonchev–Trinajstić information content (AvgIpc) is 2.46. The lowest BCUT2D eigenvalue weighted by Crippen LogP contribution is -2.48. The van der Waals surface area contributed by atoms with Crippen molar-refractivity contribution < 1.29 is 14.3 Å². The van der Waals surface area contributed by atoms with Gasteiger partial charge >= 0.3 is 0 Å². The van der Waals surface area contributed by atoms with Crippen LogP contribution >= 0.6 is 23.2 Å². The Kier molecular flexibility index (Phi) is 5.85. The van der Waals surface area contributed by atoms with Gasteiger partial charge in [-0.1, -0.05) is 23.2 Å². The van der Waals surface area contributed by atoms with Crippen molar-refractivity contribution in [2.24, 2.45) is 0 Å². The molecule has 1 aromatic heterocycles. The first-order valence-electron chi connectivity index (χ1n) is 6.20. The molecule has 1 aliphatic heterocycles. The zero-order valence-electron chi connectivity index (χ0n) is 10.7. The summed E-state index contributed by atoms with van der Waals surface area (Å²) in [5.41, 5.74) is 0. The molecule has 1 aliphatic rings. The molecule has 0 aromatic carbocycles. The number of hydrogen-bond donors (Lipinski definition) is 2. The van der Waals surface area contributed by atoms with Crippen LogP contribution in [0.3, 0.4) is 0 Å². The maximum atomic E-state index is 11.7. The molecule has 1 amide bonds. The van der Waals surface area contributed by atoms with Crippen molar-refractivity contribution in [1.29, 1.82) is 0 Å². The highest BCUT2D eigenvalue weighted by atomic mass is 35.5. The molecule has 1 atom stereocenters. The number of morpholine rings is 1. The van der Waals surface area contributed by atoms with Crippen molar-refractivity contribution in [2.75, 3.05) is 32.8 Å². The molecule has 0 saturated carbocycles. The summed E-state index contributed by atoms with van der Waals surface area (Å²) in [5.74, 6) is 0.136. The number of carbonyl (C=O) groups is 1. The van der Waals surface area contributed by atoms with Crippen LogP contribution in [0.5, 0.6) is 5.88 Å². The van der Waals surface area contributed by atoms with Crippen molar-refractivity contribution in [3.05, 3.63) is 22.3 Å². The molecule has 8 heteroatoms. The fourth-order valence-corrected chi connectivity index (χ4v) is 2.11. The summed E-state index contributed by atoms with van der Waals surface area (Å²) in [7, 11) is 0. The molecular formula is C12H15Cl2N3O3. The number of ether oxygens (including phenoxy) is 2. The largest absolute Gasteiger partial charge is 0.475 e. The van der Waals surface area contributed by atoms with Gasteiger partial charge in [0.1, 0.15) is 17.7 Å². The summed E-state index contributed by atoms with van der Waals surface area (Å²) in [6.45, 7) is 2.45. The number of halogens is 2. The van der Waals surface area contributed by atoms with Crippen molar-refractivity contribution in [1.82, 2.24) is 15.6 Å². The highest BCUT2D eigenvalue weighted by molar-refractivity contribution is 6.35. The molecule has 0 spiro atoms. The van der Waals surface area contributed by atoms with Crippen LogP contribution in [0.1, 0.15) is 0 Å². The first-order chi connectivity index (χ1) is 9.66. The van der Waals surface area contributed by atoms with E-state index < -0.39 is 6.10 Å². The highest BCUT2D eigenvalue weighted by Crippen LogP contribution is 2.24. The number of nitrogens with zero attached hydrogens (tertiary/aromatic N) is 1. The minimum atomic E-state index is -0.444. The third-order valence-corrected chi connectivity index (χ3v) is 3.11. The second kappa shape index (κ2) is 7.64. The van der Waals surface area contributed by atoms with Crippen LogP contribution in [0.4, 0.5) is 0 Å². The topological polar surface area (TPSA) is 72.5 Å². The smallest absolute Gasteiger partial charge is 0.250 e. The van der Waals surface area contributed by atoms with Gasteiger partial charge in [0.2, 0.25) is 5.88 Å². The lowest BCUT2D eigenvalue weighted by Gasteiger charge is -2.22. The second-order valence-corrected chi connectivity index (χ2v) is 4.99. The molecule has 20 heavy (non-hydrogen) atoms. The highest BCUT2D eigenvalue weighted by Gasteiger charge is 2.20. The molecule has 1 saturated heterocycles. The standard InChI is InChI=1S/C12H15Cl2N3O3/c13-8-5-9(14)12(17-6-8)20-4-2-16-11(18)10-7-15-1-3-19-10/h5-6,10,15H,1-4,7H2,(H,16,18). The van der Waals surface area contributed by atoms with Gasteiger partial charge in [0.05, 0.1) is 18.2 Å². The molecule has 0 radical (unpaired) electrons. The lowest BCUT2D eigenvalue weighted by atomic mass is 10.3. The van der Waals surface area contributed by atoms with Crippen LogP contribution in [-0.2, 0) is 9.53 Å². The molecule has 110 valence electrons. The van der Waals surface area contributed by atoms with Crippen LogP contribution in [0.15, 0.2) is 12.3 Å².